The fourth-order valence-electron chi connectivity index (χ4n) is 1.03. The van der Waals surface area contributed by atoms with Crippen LogP contribution in [-0.2, 0) is 0 Å². The van der Waals surface area contributed by atoms with Crippen molar-refractivity contribution in [2.24, 2.45) is 0 Å². The molecule has 1 atom stereocenters. The van der Waals surface area contributed by atoms with E-state index in [1.807, 2.05) is 0 Å². The average molecular weight is 344 g/mol. The molecule has 1 heteroatoms. The molecule has 1 rings (SSSR count). The van der Waals surface area contributed by atoms with Crippen LogP contribution in [0.25, 0.3) is 0 Å². The summed E-state index contributed by atoms with van der Waals surface area (Å²) in [6.07, 6.45) is 0. The summed E-state index contributed by atoms with van der Waals surface area (Å²) in [5.41, 5.74) is 1.54. The normalized spacial score (nSPS) is 13.5. The maximum atomic E-state index is 2.47. The molecule has 0 radical (unpaired) electrons. The van der Waals surface area contributed by atoms with Gasteiger partial charge >= 0.3 is 77.5 Å². The Bertz CT molecular complexity index is 203. The zero-order chi connectivity index (χ0) is 8.27. The van der Waals surface area contributed by atoms with Gasteiger partial charge in [0.25, 0.3) is 0 Å². The third-order valence-electron chi connectivity index (χ3n) is 2.06. The third kappa shape index (κ3) is 2.56. The second-order valence-corrected chi connectivity index (χ2v) is 13.6. The van der Waals surface area contributed by atoms with Crippen molar-refractivity contribution in [1.29, 1.82) is 0 Å². The maximum absolute atomic E-state index is 2.47. The Morgan fingerprint density at radius 1 is 1.09 bits per heavy atom. The fourth-order valence-corrected chi connectivity index (χ4v) is 4.02. The molecule has 0 aliphatic carbocycles. The zero-order valence-electron chi connectivity index (χ0n) is 7.41. The van der Waals surface area contributed by atoms with Gasteiger partial charge in [0, 0.05) is 0 Å². The van der Waals surface area contributed by atoms with E-state index in [1.54, 1.807) is 0 Å². The van der Waals surface area contributed by atoms with Gasteiger partial charge in [-0.2, -0.15) is 0 Å². The Kier molecular flexibility index (Phi) is 3.52. The summed E-state index contributed by atoms with van der Waals surface area (Å²) in [7, 11) is 0. The van der Waals surface area contributed by atoms with Crippen molar-refractivity contribution >= 4 is 21.8 Å². The standard InChI is InChI=1S/C8H9.2CH3.Bi/c1-2-8-6-4-3-5-7-8;;;/h2-7H,1H3;2*1H3;. The Hall–Kier alpha value is 0.103. The molecule has 0 saturated heterocycles. The van der Waals surface area contributed by atoms with Crippen LogP contribution in [0.2, 0.25) is 9.26 Å². The van der Waals surface area contributed by atoms with Gasteiger partial charge in [0.05, 0.1) is 0 Å². The van der Waals surface area contributed by atoms with Crippen LogP contribution in [0, 0.1) is 0 Å². The first kappa shape index (κ1) is 9.19. The quantitative estimate of drug-likeness (QED) is 0.724. The van der Waals surface area contributed by atoms with E-state index in [9.17, 15) is 0 Å². The van der Waals surface area contributed by atoms with E-state index in [4.69, 9.17) is 0 Å². The molecule has 0 bridgehead atoms. The molecule has 0 N–H and O–H groups in total. The van der Waals surface area contributed by atoms with Gasteiger partial charge in [-0.25, -0.2) is 0 Å². The van der Waals surface area contributed by atoms with Crippen LogP contribution < -0.4 is 0 Å². The second-order valence-electron chi connectivity index (χ2n) is 3.05. The molecule has 0 aromatic heterocycles. The number of benzene rings is 1. The van der Waals surface area contributed by atoms with Gasteiger partial charge in [-0.3, -0.25) is 0 Å². The van der Waals surface area contributed by atoms with Gasteiger partial charge in [-0.05, 0) is 0 Å². The molecule has 0 spiro atoms. The van der Waals surface area contributed by atoms with Crippen molar-refractivity contribution < 1.29 is 0 Å². The molecule has 11 heavy (non-hydrogen) atoms. The molecule has 1 aromatic carbocycles. The molecule has 0 amide bonds. The number of hydrogen-bond acceptors (Lipinski definition) is 0. The molecule has 0 aliphatic heterocycles. The Balaban J connectivity index is 2.77. The predicted octanol–water partition coefficient (Wildman–Crippen LogP) is 3.08. The van der Waals surface area contributed by atoms with Crippen molar-refractivity contribution in [2.75, 3.05) is 0 Å². The Morgan fingerprint density at radius 3 is 2.09 bits per heavy atom. The van der Waals surface area contributed by atoms with Gasteiger partial charge < -0.3 is 0 Å². The van der Waals surface area contributed by atoms with E-state index in [0.717, 1.165) is 3.63 Å². The summed E-state index contributed by atoms with van der Waals surface area (Å²) in [5.74, 6) is 0. The first-order valence-electron chi connectivity index (χ1n) is 3.93. The van der Waals surface area contributed by atoms with Gasteiger partial charge in [0.2, 0.25) is 0 Å². The van der Waals surface area contributed by atoms with E-state index in [0.29, 0.717) is 0 Å². The van der Waals surface area contributed by atoms with Crippen molar-refractivity contribution in [3.05, 3.63) is 35.9 Å². The molecular weight excluding hydrogens is 329 g/mol. The molecule has 0 aliphatic rings. The van der Waals surface area contributed by atoms with Crippen LogP contribution in [0.4, 0.5) is 0 Å². The zero-order valence-corrected chi connectivity index (χ0v) is 10.9. The van der Waals surface area contributed by atoms with Gasteiger partial charge in [-0.1, -0.05) is 0 Å². The molecule has 0 fully saturated rings. The van der Waals surface area contributed by atoms with Crippen molar-refractivity contribution in [2.45, 2.75) is 19.8 Å². The molecule has 1 unspecified atom stereocenters. The van der Waals surface area contributed by atoms with E-state index < -0.39 is 21.8 Å². The second kappa shape index (κ2) is 4.21. The van der Waals surface area contributed by atoms with Gasteiger partial charge in [0.1, 0.15) is 0 Å². The summed E-state index contributed by atoms with van der Waals surface area (Å²) in [6.45, 7) is 2.37. The first-order valence-corrected chi connectivity index (χ1v) is 12.9. The van der Waals surface area contributed by atoms with Crippen LogP contribution >= 0.6 is 0 Å². The number of hydrogen-bond donors (Lipinski definition) is 0. The SMILES string of the molecule is C[CH](c1ccccc1)[Bi]([CH3])[CH3]. The van der Waals surface area contributed by atoms with Crippen molar-refractivity contribution in [1.82, 2.24) is 0 Å². The Morgan fingerprint density at radius 2 is 1.64 bits per heavy atom. The van der Waals surface area contributed by atoms with E-state index in [-0.39, 0.29) is 0 Å². The molecule has 1 aromatic rings. The van der Waals surface area contributed by atoms with Crippen LogP contribution in [-0.4, -0.2) is 21.8 Å². The predicted molar refractivity (Wildman–Crippen MR) is 52.3 cm³/mol. The molecule has 60 valence electrons. The summed E-state index contributed by atoms with van der Waals surface area (Å²) < 4.78 is 5.81. The molecule has 0 heterocycles. The van der Waals surface area contributed by atoms with Gasteiger partial charge in [-0.15, -0.1) is 0 Å². The molecule has 0 nitrogen and oxygen atoms in total. The molecule has 0 saturated carbocycles. The minimum absolute atomic E-state index is 0.881. The summed E-state index contributed by atoms with van der Waals surface area (Å²) in [4.78, 5) is 0. The summed E-state index contributed by atoms with van der Waals surface area (Å²) in [6, 6.07) is 10.9. The van der Waals surface area contributed by atoms with Crippen LogP contribution in [0.5, 0.6) is 0 Å². The van der Waals surface area contributed by atoms with Crippen LogP contribution in [0.15, 0.2) is 30.3 Å². The minimum atomic E-state index is -1.06. The third-order valence-corrected chi connectivity index (χ3v) is 9.24. The van der Waals surface area contributed by atoms with E-state index in [2.05, 4.69) is 46.5 Å². The number of rotatable bonds is 2. The topological polar surface area (TPSA) is 0 Å². The monoisotopic (exact) mass is 344 g/mol. The van der Waals surface area contributed by atoms with Crippen LogP contribution in [0.3, 0.4) is 0 Å². The first-order chi connectivity index (χ1) is 5.22. The fraction of sp³-hybridized carbons (Fsp3) is 0.400. The Labute approximate surface area is 77.3 Å². The van der Waals surface area contributed by atoms with Crippen LogP contribution in [0.1, 0.15) is 16.1 Å². The van der Waals surface area contributed by atoms with Gasteiger partial charge in [0.15, 0.2) is 0 Å². The molecular formula is C10H15Bi. The summed E-state index contributed by atoms with van der Waals surface area (Å²) in [5, 5.41) is 0. The van der Waals surface area contributed by atoms with E-state index >= 15 is 0 Å². The van der Waals surface area contributed by atoms with E-state index in [1.165, 1.54) is 5.56 Å². The average Bonchev–Trinajstić information content (AvgIpc) is 2.05. The van der Waals surface area contributed by atoms with Crippen molar-refractivity contribution in [3.63, 3.8) is 0 Å². The summed E-state index contributed by atoms with van der Waals surface area (Å²) >= 11 is -1.06. The van der Waals surface area contributed by atoms with Crippen molar-refractivity contribution in [3.8, 4) is 0 Å².